The van der Waals surface area contributed by atoms with E-state index in [-0.39, 0.29) is 34.9 Å². The largest absolute Gasteiger partial charge is 0.489 e. The molecule has 382 valence electrons. The number of ether oxygens (including phenoxy) is 4. The maximum atomic E-state index is 13.1. The fourth-order valence-electron chi connectivity index (χ4n) is 5.66. The van der Waals surface area contributed by atoms with Gasteiger partial charge in [-0.05, 0) is 87.4 Å². The van der Waals surface area contributed by atoms with Crippen molar-refractivity contribution in [2.75, 3.05) is 31.4 Å². The third kappa shape index (κ3) is 17.7. The monoisotopic (exact) mass is 1040 g/mol. The quantitative estimate of drug-likeness (QED) is 0.0477. The summed E-state index contributed by atoms with van der Waals surface area (Å²) in [5, 5.41) is 14.8. The van der Waals surface area contributed by atoms with Gasteiger partial charge in [-0.3, -0.25) is 28.8 Å². The minimum absolute atomic E-state index is 0.0779. The predicted molar refractivity (Wildman–Crippen MR) is 237 cm³/mol. The van der Waals surface area contributed by atoms with Gasteiger partial charge in [-0.25, -0.2) is 18.5 Å². The van der Waals surface area contributed by atoms with Crippen molar-refractivity contribution in [3.05, 3.63) is 121 Å². The van der Waals surface area contributed by atoms with Gasteiger partial charge in [0.25, 0.3) is 16.7 Å². The van der Waals surface area contributed by atoms with E-state index in [1.54, 1.807) is 20.8 Å². The van der Waals surface area contributed by atoms with E-state index in [1.165, 1.54) is 60.5 Å². The van der Waals surface area contributed by atoms with Crippen molar-refractivity contribution in [2.24, 2.45) is 7.05 Å². The number of amides is 1. The molecule has 0 saturated heterocycles. The lowest BCUT2D eigenvalue weighted by atomic mass is 10.1. The SMILES string of the molecule is CC(C)N(C(=O)COc1nnc(C(F)(F)F)s1)c1ccc(F)cc1.CCc1ccc(COc2ccc(-n3c(=O)cc(C(F)(F)F)n(C)c3=O)cc2)c(OC(C)C(=O)OC)c1.O=C(O)CNCP(=O)(O)O. The zero-order chi connectivity index (χ0) is 52.7. The highest BCUT2D eigenvalue weighted by Gasteiger charge is 2.37. The summed E-state index contributed by atoms with van der Waals surface area (Å²) in [6, 6.07) is 16.7. The smallest absolute Gasteiger partial charge is 0.445 e. The fourth-order valence-corrected chi connectivity index (χ4v) is 6.62. The van der Waals surface area contributed by atoms with Crippen LogP contribution in [0, 0.1) is 5.82 Å². The second kappa shape index (κ2) is 25.3. The number of nitrogens with one attached hydrogen (secondary N) is 1. The summed E-state index contributed by atoms with van der Waals surface area (Å²) in [7, 11) is -1.88. The molecule has 0 aliphatic carbocycles. The molecule has 0 aliphatic heterocycles. The minimum atomic E-state index is -4.84. The van der Waals surface area contributed by atoms with Crippen molar-refractivity contribution in [3.8, 4) is 22.4 Å². The number of aromatic nitrogens is 4. The molecule has 4 N–H and O–H groups in total. The number of methoxy groups -OCH3 is 1. The van der Waals surface area contributed by atoms with Gasteiger partial charge >= 0.3 is 37.6 Å². The summed E-state index contributed by atoms with van der Waals surface area (Å²) in [6.07, 6.45) is -10.1. The van der Waals surface area contributed by atoms with Crippen LogP contribution >= 0.6 is 18.9 Å². The molecule has 19 nitrogen and oxygen atoms in total. The lowest BCUT2D eigenvalue weighted by Crippen LogP contribution is -2.40. The van der Waals surface area contributed by atoms with Gasteiger partial charge < -0.3 is 38.7 Å². The van der Waals surface area contributed by atoms with Gasteiger partial charge in [-0.15, -0.1) is 5.10 Å². The fraction of sp³-hybridized carbons (Fsp3) is 0.357. The van der Waals surface area contributed by atoms with Crippen LogP contribution in [0.3, 0.4) is 0 Å². The molecule has 0 fully saturated rings. The van der Waals surface area contributed by atoms with Crippen LogP contribution in [0.25, 0.3) is 5.69 Å². The van der Waals surface area contributed by atoms with Gasteiger partial charge in [-0.1, -0.05) is 35.5 Å². The number of carbonyl (C=O) groups excluding carboxylic acids is 2. The Morgan fingerprint density at radius 2 is 1.53 bits per heavy atom. The van der Waals surface area contributed by atoms with Gasteiger partial charge in [0.15, 0.2) is 12.7 Å². The number of aryl methyl sites for hydroxylation is 1. The molecular formula is C42H46F7N6O13PS. The number of halogens is 7. The maximum absolute atomic E-state index is 13.1. The highest BCUT2D eigenvalue weighted by atomic mass is 32.1. The Bertz CT molecular complexity index is 2730. The van der Waals surface area contributed by atoms with Crippen LogP contribution in [0.4, 0.5) is 36.4 Å². The second-order valence-electron chi connectivity index (χ2n) is 14.5. The average molecular weight is 1040 g/mol. The van der Waals surface area contributed by atoms with Crippen molar-refractivity contribution in [2.45, 2.75) is 65.2 Å². The van der Waals surface area contributed by atoms with Crippen molar-refractivity contribution in [3.63, 3.8) is 0 Å². The third-order valence-corrected chi connectivity index (χ3v) is 10.4. The number of alkyl halides is 6. The Morgan fingerprint density at radius 3 is 2.04 bits per heavy atom. The van der Waals surface area contributed by atoms with E-state index in [9.17, 15) is 59.3 Å². The second-order valence-corrected chi connectivity index (χ2v) is 17.1. The van der Waals surface area contributed by atoms with Gasteiger partial charge in [0.2, 0.25) is 5.01 Å². The number of carboxylic acids is 1. The molecule has 3 aromatic carbocycles. The number of aliphatic carboxylic acids is 1. The molecule has 0 aliphatic rings. The molecule has 1 unspecified atom stereocenters. The number of rotatable bonds is 17. The maximum Gasteiger partial charge on any atom is 0.445 e. The molecule has 0 bridgehead atoms. The number of benzene rings is 3. The first-order valence-corrected chi connectivity index (χ1v) is 22.8. The van der Waals surface area contributed by atoms with E-state index in [0.717, 1.165) is 19.0 Å². The standard InChI is InChI=1S/C25H25F3N2O6.C14H13F4N3O2S.C3H8NO5P/c1-5-16-6-7-17(20(12-16)36-15(2)23(32)34-4)14-35-19-10-8-18(9-11-19)30-22(31)13-21(25(26,27)28)29(3)24(30)33;1-8(2)21(10-5-3-9(15)4-6-10)11(22)7-23-13-20-19-12(24-13)14(16,17)18;5-3(6)1-4-2-10(7,8)9/h6-13,15H,5,14H2,1-4H3;3-6,8H,7H2,1-2H3;4H,1-2H2,(H,5,6)(H2,7,8,9). The van der Waals surface area contributed by atoms with Crippen molar-refractivity contribution < 1.29 is 83.5 Å². The Balaban J connectivity index is 0.000000326. The van der Waals surface area contributed by atoms with Gasteiger partial charge in [0.1, 0.15) is 29.6 Å². The van der Waals surface area contributed by atoms with E-state index in [0.29, 0.717) is 38.0 Å². The lowest BCUT2D eigenvalue weighted by molar-refractivity contribution is -0.148. The van der Waals surface area contributed by atoms with Gasteiger partial charge in [-0.2, -0.15) is 26.3 Å². The van der Waals surface area contributed by atoms with Crippen molar-refractivity contribution in [1.29, 1.82) is 0 Å². The van der Waals surface area contributed by atoms with Crippen LogP contribution in [-0.4, -0.2) is 90.8 Å². The number of hydrogen-bond acceptors (Lipinski definition) is 14. The molecule has 0 spiro atoms. The molecular weight excluding hydrogens is 993 g/mol. The topological polar surface area (TPSA) is 251 Å². The molecule has 5 aromatic rings. The first-order valence-electron chi connectivity index (χ1n) is 20.1. The zero-order valence-corrected chi connectivity index (χ0v) is 39.5. The lowest BCUT2D eigenvalue weighted by Gasteiger charge is -2.26. The Morgan fingerprint density at radius 1 is 0.900 bits per heavy atom. The van der Waals surface area contributed by atoms with E-state index >= 15 is 0 Å². The van der Waals surface area contributed by atoms with E-state index in [2.05, 4.69) is 15.5 Å². The number of esters is 1. The molecule has 0 radical (unpaired) electrons. The molecule has 70 heavy (non-hydrogen) atoms. The zero-order valence-electron chi connectivity index (χ0n) is 37.8. The van der Waals surface area contributed by atoms with Crippen molar-refractivity contribution >= 4 is 42.5 Å². The van der Waals surface area contributed by atoms with E-state index in [4.69, 9.17) is 33.8 Å². The first kappa shape index (κ1) is 57.6. The Labute approximate surface area is 397 Å². The van der Waals surface area contributed by atoms with Gasteiger partial charge in [0, 0.05) is 30.4 Å². The first-order chi connectivity index (χ1) is 32.6. The van der Waals surface area contributed by atoms with Gasteiger partial charge in [0.05, 0.1) is 25.6 Å². The summed E-state index contributed by atoms with van der Waals surface area (Å²) < 4.78 is 122. The van der Waals surface area contributed by atoms with Crippen LogP contribution in [0.2, 0.25) is 0 Å². The Hall–Kier alpha value is -6.67. The summed E-state index contributed by atoms with van der Waals surface area (Å²) in [5.74, 6) is -1.77. The van der Waals surface area contributed by atoms with Crippen molar-refractivity contribution in [1.82, 2.24) is 24.6 Å². The molecule has 2 aromatic heterocycles. The normalized spacial score (nSPS) is 11.9. The molecule has 5 rings (SSSR count). The van der Waals surface area contributed by atoms with Crippen LogP contribution in [0.5, 0.6) is 16.7 Å². The number of carbonyl (C=O) groups is 3. The molecule has 2 heterocycles. The van der Waals surface area contributed by atoms with Crippen LogP contribution in [0.15, 0.2) is 82.4 Å². The van der Waals surface area contributed by atoms with Crippen LogP contribution in [-0.2, 0) is 56.1 Å². The van der Waals surface area contributed by atoms with E-state index < -0.39 is 91.1 Å². The third-order valence-electron chi connectivity index (χ3n) is 8.93. The minimum Gasteiger partial charge on any atom is -0.489 e. The number of carboxylic acid groups (broad SMARTS) is 1. The van der Waals surface area contributed by atoms with Crippen LogP contribution in [0.1, 0.15) is 49.5 Å². The summed E-state index contributed by atoms with van der Waals surface area (Å²) in [4.78, 5) is 76.3. The van der Waals surface area contributed by atoms with Crippen LogP contribution < -0.4 is 35.7 Å². The predicted octanol–water partition coefficient (Wildman–Crippen LogP) is 5.95. The highest BCUT2D eigenvalue weighted by Crippen LogP contribution is 2.34. The molecule has 28 heteroatoms. The molecule has 1 atom stereocenters. The molecule has 0 saturated carbocycles. The summed E-state index contributed by atoms with van der Waals surface area (Å²) >= 11 is 0.210. The summed E-state index contributed by atoms with van der Waals surface area (Å²) in [6.45, 7) is 6.17. The summed E-state index contributed by atoms with van der Waals surface area (Å²) in [5.41, 5.74) is -1.35. The Kier molecular flexibility index (Phi) is 20.8. The average Bonchev–Trinajstić information content (AvgIpc) is 3.77. The molecule has 1 amide bonds. The number of nitrogens with zero attached hydrogens (tertiary/aromatic N) is 5. The number of anilines is 1. The number of hydrogen-bond donors (Lipinski definition) is 4. The highest BCUT2D eigenvalue weighted by molar-refractivity contribution is 7.51. The van der Waals surface area contributed by atoms with E-state index in [1.807, 2.05) is 25.1 Å².